The number of aliphatic imine (C=N–C) groups is 1. The molecule has 28 heavy (non-hydrogen) atoms. The molecule has 1 aromatic heterocycles. The second-order valence-corrected chi connectivity index (χ2v) is 8.50. The van der Waals surface area contributed by atoms with Crippen LogP contribution in [-0.4, -0.2) is 36.1 Å². The molecule has 0 saturated carbocycles. The molecule has 0 atom stereocenters. The summed E-state index contributed by atoms with van der Waals surface area (Å²) >= 11 is 0. The van der Waals surface area contributed by atoms with Gasteiger partial charge in [0.25, 0.3) is 0 Å². The minimum absolute atomic E-state index is 0. The van der Waals surface area contributed by atoms with Crippen LogP contribution in [0.5, 0.6) is 17.4 Å². The molecular formula is C22H27ClN2O3. The largest absolute Gasteiger partial charge is 0.493 e. The lowest BCUT2D eigenvalue weighted by molar-refractivity contribution is 0.134. The number of hydrogen-bond acceptors (Lipinski definition) is 5. The Labute approximate surface area is 172 Å². The quantitative estimate of drug-likeness (QED) is 0.763. The molecule has 0 radical (unpaired) electrons. The van der Waals surface area contributed by atoms with E-state index in [2.05, 4.69) is 38.7 Å². The van der Waals surface area contributed by atoms with Crippen LogP contribution in [0.4, 0.5) is 0 Å². The van der Waals surface area contributed by atoms with Gasteiger partial charge in [0, 0.05) is 35.4 Å². The summed E-state index contributed by atoms with van der Waals surface area (Å²) in [6.45, 7) is 8.54. The van der Waals surface area contributed by atoms with Crippen molar-refractivity contribution in [2.24, 2.45) is 4.99 Å². The molecule has 0 spiro atoms. The third-order valence-electron chi connectivity index (χ3n) is 5.12. The van der Waals surface area contributed by atoms with Gasteiger partial charge in [-0.15, -0.1) is 12.4 Å². The first-order valence-electron chi connectivity index (χ1n) is 9.25. The lowest BCUT2D eigenvalue weighted by atomic mass is 9.81. The average molecular weight is 403 g/mol. The number of fused-ring (bicyclic) bond motifs is 3. The maximum absolute atomic E-state index is 6.24. The van der Waals surface area contributed by atoms with Crippen molar-refractivity contribution in [1.82, 2.24) is 4.98 Å². The van der Waals surface area contributed by atoms with E-state index in [0.29, 0.717) is 5.88 Å². The predicted molar refractivity (Wildman–Crippen MR) is 113 cm³/mol. The van der Waals surface area contributed by atoms with Crippen LogP contribution in [0, 0.1) is 0 Å². The molecule has 2 aromatic rings. The molecule has 5 nitrogen and oxygen atoms in total. The number of aromatic nitrogens is 1. The van der Waals surface area contributed by atoms with Gasteiger partial charge in [-0.3, -0.25) is 4.99 Å². The lowest BCUT2D eigenvalue weighted by Crippen LogP contribution is -2.30. The van der Waals surface area contributed by atoms with Crippen molar-refractivity contribution in [1.29, 1.82) is 0 Å². The Bertz CT molecular complexity index is 934. The first kappa shape index (κ1) is 20.5. The molecule has 150 valence electrons. The monoisotopic (exact) mass is 402 g/mol. The average Bonchev–Trinajstić information content (AvgIpc) is 2.94. The Kier molecular flexibility index (Phi) is 5.09. The zero-order valence-electron chi connectivity index (χ0n) is 17.3. The van der Waals surface area contributed by atoms with Gasteiger partial charge in [0.05, 0.1) is 25.5 Å². The molecule has 0 aliphatic carbocycles. The van der Waals surface area contributed by atoms with Gasteiger partial charge in [-0.25, -0.2) is 4.98 Å². The van der Waals surface area contributed by atoms with Gasteiger partial charge in [0.2, 0.25) is 5.88 Å². The fourth-order valence-electron chi connectivity index (χ4n) is 4.07. The third-order valence-corrected chi connectivity index (χ3v) is 5.12. The molecule has 0 saturated heterocycles. The van der Waals surface area contributed by atoms with E-state index in [1.165, 1.54) is 16.7 Å². The van der Waals surface area contributed by atoms with Crippen molar-refractivity contribution in [3.63, 3.8) is 0 Å². The summed E-state index contributed by atoms with van der Waals surface area (Å²) in [4.78, 5) is 9.49. The summed E-state index contributed by atoms with van der Waals surface area (Å²) in [6.07, 6.45) is 3.52. The van der Waals surface area contributed by atoms with Crippen LogP contribution >= 0.6 is 12.4 Å². The van der Waals surface area contributed by atoms with E-state index < -0.39 is 0 Å². The number of rotatable bonds is 3. The molecule has 4 rings (SSSR count). The predicted octanol–water partition coefficient (Wildman–Crippen LogP) is 4.41. The fraction of sp³-hybridized carbons (Fsp3) is 0.455. The highest BCUT2D eigenvalue weighted by Crippen LogP contribution is 2.47. The summed E-state index contributed by atoms with van der Waals surface area (Å²) in [5.41, 5.74) is 5.09. The van der Waals surface area contributed by atoms with Gasteiger partial charge in [0.1, 0.15) is 5.60 Å². The molecule has 0 N–H and O–H groups in total. The molecule has 2 aliphatic heterocycles. The smallest absolute Gasteiger partial charge is 0.212 e. The minimum Gasteiger partial charge on any atom is -0.493 e. The van der Waals surface area contributed by atoms with Crippen molar-refractivity contribution in [2.45, 2.75) is 51.7 Å². The summed E-state index contributed by atoms with van der Waals surface area (Å²) in [6, 6.07) is 6.01. The van der Waals surface area contributed by atoms with Crippen molar-refractivity contribution < 1.29 is 14.2 Å². The highest BCUT2D eigenvalue weighted by molar-refractivity contribution is 6.16. The normalized spacial score (nSPS) is 18.1. The van der Waals surface area contributed by atoms with Crippen molar-refractivity contribution in [3.8, 4) is 17.4 Å². The van der Waals surface area contributed by atoms with Crippen LogP contribution in [-0.2, 0) is 12.8 Å². The number of hydrogen-bond donors (Lipinski definition) is 0. The Hall–Kier alpha value is -2.27. The maximum Gasteiger partial charge on any atom is 0.212 e. The highest BCUT2D eigenvalue weighted by atomic mass is 35.5. The van der Waals surface area contributed by atoms with Crippen LogP contribution in [0.2, 0.25) is 0 Å². The SMILES string of the molecule is COc1ccc(C2=NC(C)(C)Cc3cc(OC)c4c(c32)CC(C)(C)O4)cn1.Cl. The Morgan fingerprint density at radius 2 is 1.79 bits per heavy atom. The molecule has 2 aliphatic rings. The van der Waals surface area contributed by atoms with E-state index in [-0.39, 0.29) is 23.5 Å². The second kappa shape index (κ2) is 6.96. The molecule has 0 unspecified atom stereocenters. The molecule has 0 fully saturated rings. The van der Waals surface area contributed by atoms with E-state index in [1.54, 1.807) is 14.2 Å². The van der Waals surface area contributed by atoms with Gasteiger partial charge in [0.15, 0.2) is 11.5 Å². The van der Waals surface area contributed by atoms with Crippen LogP contribution in [0.25, 0.3) is 0 Å². The third kappa shape index (κ3) is 3.44. The van der Waals surface area contributed by atoms with Crippen molar-refractivity contribution in [3.05, 3.63) is 46.6 Å². The standard InChI is InChI=1S/C22H26N2O3.ClH/c1-21(2)10-14-9-16(25-5)20-15(11-22(3,4)27-20)18(14)19(24-21)13-7-8-17(26-6)23-12-13;/h7-9,12H,10-11H2,1-6H3;1H. The number of pyridine rings is 1. The van der Waals surface area contributed by atoms with Gasteiger partial charge in [-0.05, 0) is 51.8 Å². The van der Waals surface area contributed by atoms with Crippen LogP contribution < -0.4 is 14.2 Å². The Morgan fingerprint density at radius 3 is 2.39 bits per heavy atom. The van der Waals surface area contributed by atoms with Gasteiger partial charge < -0.3 is 14.2 Å². The Balaban J connectivity index is 0.00000225. The number of benzene rings is 1. The molecule has 3 heterocycles. The number of nitrogens with zero attached hydrogens (tertiary/aromatic N) is 2. The fourth-order valence-corrected chi connectivity index (χ4v) is 4.07. The first-order valence-corrected chi connectivity index (χ1v) is 9.25. The topological polar surface area (TPSA) is 52.9 Å². The zero-order chi connectivity index (χ0) is 19.4. The van der Waals surface area contributed by atoms with Crippen LogP contribution in [0.15, 0.2) is 29.4 Å². The van der Waals surface area contributed by atoms with Crippen LogP contribution in [0.3, 0.4) is 0 Å². The van der Waals surface area contributed by atoms with E-state index >= 15 is 0 Å². The maximum atomic E-state index is 6.24. The molecular weight excluding hydrogens is 376 g/mol. The molecule has 0 amide bonds. The van der Waals surface area contributed by atoms with Gasteiger partial charge >= 0.3 is 0 Å². The van der Waals surface area contributed by atoms with E-state index in [9.17, 15) is 0 Å². The molecule has 1 aromatic carbocycles. The Morgan fingerprint density at radius 1 is 1.04 bits per heavy atom. The number of ether oxygens (including phenoxy) is 3. The van der Waals surface area contributed by atoms with E-state index in [0.717, 1.165) is 35.6 Å². The summed E-state index contributed by atoms with van der Waals surface area (Å²) in [7, 11) is 3.32. The van der Waals surface area contributed by atoms with Crippen molar-refractivity contribution in [2.75, 3.05) is 14.2 Å². The van der Waals surface area contributed by atoms with Gasteiger partial charge in [-0.1, -0.05) is 0 Å². The number of halogens is 1. The molecule has 6 heteroatoms. The minimum atomic E-state index is -0.263. The summed E-state index contributed by atoms with van der Waals surface area (Å²) < 4.78 is 17.1. The number of methoxy groups -OCH3 is 2. The lowest BCUT2D eigenvalue weighted by Gasteiger charge is -2.31. The zero-order valence-corrected chi connectivity index (χ0v) is 18.1. The second-order valence-electron chi connectivity index (χ2n) is 8.50. The van der Waals surface area contributed by atoms with Crippen molar-refractivity contribution >= 4 is 18.1 Å². The molecule has 0 bridgehead atoms. The van der Waals surface area contributed by atoms with Crippen LogP contribution in [0.1, 0.15) is 49.9 Å². The van der Waals surface area contributed by atoms with E-state index in [1.807, 2.05) is 18.3 Å². The summed E-state index contributed by atoms with van der Waals surface area (Å²) in [5, 5.41) is 0. The highest BCUT2D eigenvalue weighted by Gasteiger charge is 2.39. The van der Waals surface area contributed by atoms with Gasteiger partial charge in [-0.2, -0.15) is 0 Å². The van der Waals surface area contributed by atoms with E-state index in [4.69, 9.17) is 19.2 Å². The summed E-state index contributed by atoms with van der Waals surface area (Å²) in [5.74, 6) is 2.24. The first-order chi connectivity index (χ1) is 12.7.